The molecular weight excluding hydrogens is 1340 g/mol. The number of benzene rings is 10. The largest absolute Gasteiger partial charge is 0.382 e. The Hall–Kier alpha value is -8.97. The molecule has 10 aromatic carbocycles. The van der Waals surface area contributed by atoms with E-state index < -0.39 is 59.6 Å². The summed E-state index contributed by atoms with van der Waals surface area (Å²) in [7, 11) is 5.97. The Balaban J connectivity index is 0.000000227. The van der Waals surface area contributed by atoms with Gasteiger partial charge in [-0.05, 0) is 55.6 Å². The summed E-state index contributed by atoms with van der Waals surface area (Å²) >= 11 is 0. The highest BCUT2D eigenvalue weighted by atomic mass is 16.8. The molecular formula is C88H98N2O16. The van der Waals surface area contributed by atoms with E-state index in [9.17, 15) is 15.0 Å². The van der Waals surface area contributed by atoms with Crippen LogP contribution in [0.2, 0.25) is 0 Å². The highest BCUT2D eigenvalue weighted by Gasteiger charge is 2.65. The quantitative estimate of drug-likeness (QED) is 0.0272. The van der Waals surface area contributed by atoms with Crippen LogP contribution in [0.15, 0.2) is 303 Å². The van der Waals surface area contributed by atoms with Gasteiger partial charge in [0.1, 0.15) is 35.6 Å². The van der Waals surface area contributed by atoms with E-state index in [2.05, 4.69) is 0 Å². The van der Waals surface area contributed by atoms with Crippen molar-refractivity contribution in [1.82, 2.24) is 10.1 Å². The lowest BCUT2D eigenvalue weighted by atomic mass is 9.85. The van der Waals surface area contributed by atoms with Crippen molar-refractivity contribution in [2.24, 2.45) is 0 Å². The van der Waals surface area contributed by atoms with Crippen LogP contribution in [0.4, 0.5) is 0 Å². The van der Waals surface area contributed by atoms with Crippen molar-refractivity contribution in [3.63, 3.8) is 0 Å². The normalized spacial score (nSPS) is 17.2. The first-order valence-corrected chi connectivity index (χ1v) is 35.6. The maximum atomic E-state index is 14.2. The van der Waals surface area contributed by atoms with Crippen LogP contribution in [0.1, 0.15) is 55.6 Å². The van der Waals surface area contributed by atoms with E-state index in [1.807, 2.05) is 303 Å². The van der Waals surface area contributed by atoms with Gasteiger partial charge in [0, 0.05) is 14.1 Å². The van der Waals surface area contributed by atoms with E-state index in [0.717, 1.165) is 60.7 Å². The fourth-order valence-electron chi connectivity index (χ4n) is 12.3. The van der Waals surface area contributed by atoms with Gasteiger partial charge in [-0.1, -0.05) is 303 Å². The predicted molar refractivity (Wildman–Crippen MR) is 403 cm³/mol. The molecule has 1 aliphatic heterocycles. The van der Waals surface area contributed by atoms with Crippen molar-refractivity contribution >= 4 is 5.91 Å². The molecule has 1 unspecified atom stereocenters. The third-order valence-corrected chi connectivity index (χ3v) is 18.0. The van der Waals surface area contributed by atoms with Gasteiger partial charge in [-0.2, -0.15) is 0 Å². The number of carbonyl (C=O) groups excluding carboxylic acids is 1. The first-order chi connectivity index (χ1) is 51.9. The topological polar surface area (TPSA) is 184 Å². The van der Waals surface area contributed by atoms with Crippen LogP contribution in [-0.4, -0.2) is 135 Å². The molecule has 18 nitrogen and oxygen atoms in total. The molecule has 0 aromatic heterocycles. The summed E-state index contributed by atoms with van der Waals surface area (Å²) in [4.78, 5) is 25.3. The van der Waals surface area contributed by atoms with E-state index >= 15 is 0 Å². The second kappa shape index (κ2) is 42.4. The molecule has 0 aliphatic carbocycles. The van der Waals surface area contributed by atoms with Crippen LogP contribution in [-0.2, 0) is 133 Å². The number of ether oxygens (including phenoxy) is 11. The van der Waals surface area contributed by atoms with Crippen LogP contribution in [0.5, 0.6) is 0 Å². The van der Waals surface area contributed by atoms with E-state index in [1.54, 1.807) is 7.05 Å². The zero-order valence-corrected chi connectivity index (χ0v) is 60.7. The number of rotatable bonds is 41. The minimum atomic E-state index is -2.19. The third-order valence-electron chi connectivity index (χ3n) is 18.0. The molecule has 7 atom stereocenters. The maximum Gasteiger partial charge on any atom is 0.280 e. The minimum Gasteiger partial charge on any atom is -0.382 e. The molecule has 1 aliphatic rings. The molecule has 0 radical (unpaired) electrons. The molecule has 0 spiro atoms. The number of aliphatic hydroxyl groups is 2. The molecule has 11 rings (SSSR count). The third kappa shape index (κ3) is 24.0. The number of hydrogen-bond acceptors (Lipinski definition) is 17. The zero-order chi connectivity index (χ0) is 73.9. The second-order valence-corrected chi connectivity index (χ2v) is 25.9. The van der Waals surface area contributed by atoms with E-state index in [1.165, 1.54) is 26.3 Å². The average molecular weight is 1440 g/mol. The summed E-state index contributed by atoms with van der Waals surface area (Å²) in [5.74, 6) is -2.71. The molecule has 1 saturated heterocycles. The first kappa shape index (κ1) is 79.6. The van der Waals surface area contributed by atoms with Gasteiger partial charge >= 0.3 is 0 Å². The Morgan fingerprint density at radius 2 is 0.679 bits per heavy atom. The number of likely N-dealkylation sites (N-methyl/N-ethyl adjacent to an activating group) is 2. The zero-order valence-electron chi connectivity index (χ0n) is 60.7. The van der Waals surface area contributed by atoms with Crippen molar-refractivity contribution in [3.8, 4) is 0 Å². The van der Waals surface area contributed by atoms with Gasteiger partial charge in [0.05, 0.1) is 107 Å². The standard InChI is InChI=1S/2C44H49NO8/c1-45(47-2)44(46)42(52-32-39-26-16-7-17-27-39)40(50-30-37-22-12-5-13-23-37)41(51-31-38-24-14-6-15-25-38)43(53-44,33-48-28-35-18-8-3-9-19-35)34-49-29-36-20-10-4-11-21-36;1-45(48-2)43(46)41(52-31-38-24-14-6-15-25-38)40(51-30-37-22-12-5-13-23-37)42(53-32-39-26-16-7-17-27-39)44(47,33-49-28-35-18-8-3-9-19-35)34-50-29-36-20-10-4-11-21-36/h3-27,40-42,46H,28-34H2,1-2H3;3-27,40-42,47H,28-34H2,1-2H3/t40-,41-,42+,44?;40-,41-,42+/m01/s1. The molecule has 1 heterocycles. The maximum absolute atomic E-state index is 14.2. The van der Waals surface area contributed by atoms with Crippen LogP contribution in [0.3, 0.4) is 0 Å². The highest BCUT2D eigenvalue weighted by molar-refractivity contribution is 5.80. The van der Waals surface area contributed by atoms with Gasteiger partial charge in [-0.25, -0.2) is 5.06 Å². The fourth-order valence-corrected chi connectivity index (χ4v) is 12.3. The summed E-state index contributed by atoms with van der Waals surface area (Å²) in [6.45, 7) is 1.44. The van der Waals surface area contributed by atoms with E-state index in [0.29, 0.717) is 0 Å². The van der Waals surface area contributed by atoms with Gasteiger partial charge < -0.3 is 62.3 Å². The van der Waals surface area contributed by atoms with Crippen molar-refractivity contribution in [2.45, 2.75) is 120 Å². The van der Waals surface area contributed by atoms with Crippen LogP contribution >= 0.6 is 0 Å². The Morgan fingerprint density at radius 3 is 1.02 bits per heavy atom. The van der Waals surface area contributed by atoms with Crippen LogP contribution in [0, 0.1) is 0 Å². The number of amides is 1. The van der Waals surface area contributed by atoms with E-state index in [-0.39, 0.29) is 92.5 Å². The lowest BCUT2D eigenvalue weighted by Gasteiger charge is -2.56. The molecule has 18 heteroatoms. The molecule has 556 valence electrons. The molecule has 2 N–H and O–H groups in total. The number of carbonyl (C=O) groups is 1. The van der Waals surface area contributed by atoms with E-state index in [4.69, 9.17) is 61.8 Å². The predicted octanol–water partition coefficient (Wildman–Crippen LogP) is 14.0. The number of hydroxylamine groups is 4. The minimum absolute atomic E-state index is 0.0212. The van der Waals surface area contributed by atoms with Gasteiger partial charge in [-0.3, -0.25) is 14.5 Å². The molecule has 10 aromatic rings. The molecule has 1 fully saturated rings. The molecule has 106 heavy (non-hydrogen) atoms. The highest BCUT2D eigenvalue weighted by Crippen LogP contribution is 2.43. The summed E-state index contributed by atoms with van der Waals surface area (Å²) < 4.78 is 72.7. The Labute approximate surface area is 623 Å². The smallest absolute Gasteiger partial charge is 0.280 e. The number of hydrogen-bond donors (Lipinski definition) is 2. The SMILES string of the molecule is CON(C)C(=O)[C@H](OCc1ccccc1)[C@@H](OCc1ccccc1)[C@H](OCc1ccccc1)C(O)(COCc1ccccc1)COCc1ccccc1.CON(C)C1(O)OC(COCc2ccccc2)(COCc2ccccc2)[C@@H](OCc2ccccc2)[C@H](OCc2ccccc2)[C@H]1OCc1ccccc1. The lowest BCUT2D eigenvalue weighted by molar-refractivity contribution is -0.484. The second-order valence-electron chi connectivity index (χ2n) is 25.9. The Bertz CT molecular complexity index is 3910. The molecule has 0 saturated carbocycles. The summed E-state index contributed by atoms with van der Waals surface area (Å²) in [6.07, 6.45) is -6.61. The monoisotopic (exact) mass is 1440 g/mol. The number of nitrogens with zero attached hydrogens (tertiary/aromatic N) is 2. The Morgan fingerprint density at radius 1 is 0.387 bits per heavy atom. The molecule has 1 amide bonds. The summed E-state index contributed by atoms with van der Waals surface area (Å²) in [6, 6.07) is 97.5. The van der Waals surface area contributed by atoms with Crippen molar-refractivity contribution in [1.29, 1.82) is 0 Å². The molecule has 0 bridgehead atoms. The van der Waals surface area contributed by atoms with Crippen LogP contribution in [0.25, 0.3) is 0 Å². The summed E-state index contributed by atoms with van der Waals surface area (Å²) in [5.41, 5.74) is 5.91. The Kier molecular flexibility index (Phi) is 31.8. The fraction of sp³-hybridized carbons (Fsp3) is 0.307. The van der Waals surface area contributed by atoms with Crippen molar-refractivity contribution < 1.29 is 76.8 Å². The lowest BCUT2D eigenvalue weighted by Crippen LogP contribution is -2.77. The van der Waals surface area contributed by atoms with Gasteiger partial charge in [0.15, 0.2) is 12.2 Å². The van der Waals surface area contributed by atoms with Crippen LogP contribution < -0.4 is 0 Å². The van der Waals surface area contributed by atoms with Crippen molar-refractivity contribution in [2.75, 3.05) is 54.7 Å². The van der Waals surface area contributed by atoms with Gasteiger partial charge in [0.2, 0.25) is 0 Å². The summed E-state index contributed by atoms with van der Waals surface area (Å²) in [5, 5.41) is 28.1. The van der Waals surface area contributed by atoms with Gasteiger partial charge in [-0.15, -0.1) is 5.06 Å². The average Bonchev–Trinajstić information content (AvgIpc) is 0.727. The van der Waals surface area contributed by atoms with Gasteiger partial charge in [0.25, 0.3) is 11.8 Å². The first-order valence-electron chi connectivity index (χ1n) is 35.6. The van der Waals surface area contributed by atoms with Crippen molar-refractivity contribution in [3.05, 3.63) is 359 Å².